The van der Waals surface area contributed by atoms with Crippen LogP contribution in [0.2, 0.25) is 0 Å². The number of hydrogen-bond acceptors (Lipinski definition) is 7. The van der Waals surface area contributed by atoms with Crippen molar-refractivity contribution in [3.05, 3.63) is 30.4 Å². The quantitative estimate of drug-likeness (QED) is 0.824. The summed E-state index contributed by atoms with van der Waals surface area (Å²) in [5, 5.41) is 7.18. The van der Waals surface area contributed by atoms with Gasteiger partial charge in [-0.3, -0.25) is 19.6 Å². The van der Waals surface area contributed by atoms with E-state index in [1.807, 2.05) is 19.1 Å². The fourth-order valence-electron chi connectivity index (χ4n) is 3.40. The second-order valence-corrected chi connectivity index (χ2v) is 7.40. The van der Waals surface area contributed by atoms with E-state index in [4.69, 9.17) is 4.52 Å². The number of amides is 1. The molecular weight excluding hydrogens is 344 g/mol. The lowest BCUT2D eigenvalue weighted by molar-refractivity contribution is -0.126. The van der Waals surface area contributed by atoms with E-state index in [2.05, 4.69) is 37.2 Å². The standard InChI is InChI=1S/C19H26N6O2/c1-13(18(26)21-16-5-6-16)24-8-10-25(11-9-24)14(2)19-22-17(23-27-19)15-4-3-7-20-12-15/h3-4,7,12-14,16H,5-6,8-11H2,1-2H3,(H,21,26). The zero-order valence-corrected chi connectivity index (χ0v) is 15.8. The predicted molar refractivity (Wildman–Crippen MR) is 99.7 cm³/mol. The maximum Gasteiger partial charge on any atom is 0.244 e. The zero-order chi connectivity index (χ0) is 18.8. The third-order valence-corrected chi connectivity index (χ3v) is 5.47. The molecule has 1 saturated carbocycles. The third-order valence-electron chi connectivity index (χ3n) is 5.47. The van der Waals surface area contributed by atoms with Gasteiger partial charge in [-0.2, -0.15) is 4.98 Å². The van der Waals surface area contributed by atoms with Crippen LogP contribution in [0.4, 0.5) is 0 Å². The molecule has 1 N–H and O–H groups in total. The number of hydrogen-bond donors (Lipinski definition) is 1. The molecule has 2 unspecified atom stereocenters. The van der Waals surface area contributed by atoms with Gasteiger partial charge in [0.05, 0.1) is 12.1 Å². The van der Waals surface area contributed by atoms with Crippen molar-refractivity contribution in [2.45, 2.75) is 44.8 Å². The van der Waals surface area contributed by atoms with Crippen LogP contribution in [0.15, 0.2) is 29.0 Å². The van der Waals surface area contributed by atoms with Crippen molar-refractivity contribution < 1.29 is 9.32 Å². The van der Waals surface area contributed by atoms with Gasteiger partial charge in [0.2, 0.25) is 17.6 Å². The minimum absolute atomic E-state index is 0.0423. The molecule has 3 heterocycles. The zero-order valence-electron chi connectivity index (χ0n) is 15.8. The highest BCUT2D eigenvalue weighted by Crippen LogP contribution is 2.24. The Kier molecular flexibility index (Phi) is 5.18. The molecule has 2 aliphatic rings. The molecule has 1 aliphatic heterocycles. The van der Waals surface area contributed by atoms with Crippen LogP contribution in [0.5, 0.6) is 0 Å². The molecule has 0 radical (unpaired) electrons. The van der Waals surface area contributed by atoms with E-state index < -0.39 is 0 Å². The molecule has 8 nitrogen and oxygen atoms in total. The minimum Gasteiger partial charge on any atom is -0.352 e. The highest BCUT2D eigenvalue weighted by molar-refractivity contribution is 5.81. The van der Waals surface area contributed by atoms with E-state index in [-0.39, 0.29) is 18.0 Å². The minimum atomic E-state index is -0.0800. The van der Waals surface area contributed by atoms with Crippen molar-refractivity contribution in [2.24, 2.45) is 0 Å². The number of pyridine rings is 1. The smallest absolute Gasteiger partial charge is 0.244 e. The Balaban J connectivity index is 1.32. The molecule has 2 aromatic heterocycles. The molecule has 0 bridgehead atoms. The van der Waals surface area contributed by atoms with Gasteiger partial charge in [0.25, 0.3) is 0 Å². The van der Waals surface area contributed by atoms with Gasteiger partial charge in [-0.1, -0.05) is 5.16 Å². The number of nitrogens with zero attached hydrogens (tertiary/aromatic N) is 5. The van der Waals surface area contributed by atoms with Crippen LogP contribution in [-0.4, -0.2) is 69.1 Å². The number of piperazine rings is 1. The van der Waals surface area contributed by atoms with Gasteiger partial charge >= 0.3 is 0 Å². The number of carbonyl (C=O) groups excluding carboxylic acids is 1. The van der Waals surface area contributed by atoms with Crippen molar-refractivity contribution in [3.63, 3.8) is 0 Å². The van der Waals surface area contributed by atoms with Crippen molar-refractivity contribution in [3.8, 4) is 11.4 Å². The molecule has 1 aliphatic carbocycles. The van der Waals surface area contributed by atoms with Crippen molar-refractivity contribution in [2.75, 3.05) is 26.2 Å². The molecule has 144 valence electrons. The molecule has 2 aromatic rings. The number of aromatic nitrogens is 3. The van der Waals surface area contributed by atoms with E-state index in [0.717, 1.165) is 44.6 Å². The number of nitrogens with one attached hydrogen (secondary N) is 1. The molecule has 1 amide bonds. The second-order valence-electron chi connectivity index (χ2n) is 7.40. The summed E-state index contributed by atoms with van der Waals surface area (Å²) < 4.78 is 5.49. The largest absolute Gasteiger partial charge is 0.352 e. The first kappa shape index (κ1) is 18.1. The molecule has 4 rings (SSSR count). The predicted octanol–water partition coefficient (Wildman–Crippen LogP) is 1.48. The highest BCUT2D eigenvalue weighted by Gasteiger charge is 2.32. The molecule has 2 atom stereocenters. The monoisotopic (exact) mass is 370 g/mol. The first-order chi connectivity index (χ1) is 13.1. The van der Waals surface area contributed by atoms with Crippen LogP contribution in [0.1, 0.15) is 38.6 Å². The Labute approximate surface area is 158 Å². The summed E-state index contributed by atoms with van der Waals surface area (Å²) in [6.07, 6.45) is 5.69. The Morgan fingerprint density at radius 3 is 2.63 bits per heavy atom. The fraction of sp³-hybridized carbons (Fsp3) is 0.579. The van der Waals surface area contributed by atoms with E-state index in [1.165, 1.54) is 0 Å². The lowest BCUT2D eigenvalue weighted by atomic mass is 10.1. The first-order valence-corrected chi connectivity index (χ1v) is 9.64. The number of carbonyl (C=O) groups is 1. The lowest BCUT2D eigenvalue weighted by Crippen LogP contribution is -2.54. The van der Waals surface area contributed by atoms with Crippen LogP contribution in [-0.2, 0) is 4.79 Å². The molecule has 8 heteroatoms. The van der Waals surface area contributed by atoms with E-state index in [1.54, 1.807) is 12.4 Å². The van der Waals surface area contributed by atoms with E-state index >= 15 is 0 Å². The van der Waals surface area contributed by atoms with Crippen LogP contribution in [0, 0.1) is 0 Å². The average Bonchev–Trinajstić information content (AvgIpc) is 3.39. The van der Waals surface area contributed by atoms with Gasteiger partial charge in [-0.15, -0.1) is 0 Å². The maximum absolute atomic E-state index is 12.3. The van der Waals surface area contributed by atoms with Gasteiger partial charge in [0.15, 0.2) is 0 Å². The Morgan fingerprint density at radius 1 is 1.22 bits per heavy atom. The highest BCUT2D eigenvalue weighted by atomic mass is 16.5. The third kappa shape index (κ3) is 4.17. The van der Waals surface area contributed by atoms with Gasteiger partial charge in [0.1, 0.15) is 0 Å². The van der Waals surface area contributed by atoms with Crippen LogP contribution >= 0.6 is 0 Å². The van der Waals surface area contributed by atoms with Gasteiger partial charge in [-0.05, 0) is 38.8 Å². The topological polar surface area (TPSA) is 87.4 Å². The van der Waals surface area contributed by atoms with Gasteiger partial charge in [0, 0.05) is 50.2 Å². The Hall–Kier alpha value is -2.32. The molecule has 27 heavy (non-hydrogen) atoms. The fourth-order valence-corrected chi connectivity index (χ4v) is 3.40. The van der Waals surface area contributed by atoms with Crippen LogP contribution in [0.25, 0.3) is 11.4 Å². The maximum atomic E-state index is 12.3. The Morgan fingerprint density at radius 2 is 1.96 bits per heavy atom. The summed E-state index contributed by atoms with van der Waals surface area (Å²) in [7, 11) is 0. The first-order valence-electron chi connectivity index (χ1n) is 9.64. The second kappa shape index (κ2) is 7.74. The normalized spacial score (nSPS) is 21.0. The van der Waals surface area contributed by atoms with Crippen LogP contribution < -0.4 is 5.32 Å². The summed E-state index contributed by atoms with van der Waals surface area (Å²) in [5.41, 5.74) is 0.847. The average molecular weight is 370 g/mol. The molecule has 0 spiro atoms. The summed E-state index contributed by atoms with van der Waals surface area (Å²) in [4.78, 5) is 25.5. The summed E-state index contributed by atoms with van der Waals surface area (Å²) >= 11 is 0. The summed E-state index contributed by atoms with van der Waals surface area (Å²) in [6, 6.07) is 4.14. The molecular formula is C19H26N6O2. The van der Waals surface area contributed by atoms with Crippen molar-refractivity contribution in [1.82, 2.24) is 30.2 Å². The van der Waals surface area contributed by atoms with Gasteiger partial charge < -0.3 is 9.84 Å². The summed E-state index contributed by atoms with van der Waals surface area (Å²) in [6.45, 7) is 7.52. The summed E-state index contributed by atoms with van der Waals surface area (Å²) in [5.74, 6) is 1.33. The van der Waals surface area contributed by atoms with E-state index in [0.29, 0.717) is 17.8 Å². The van der Waals surface area contributed by atoms with Crippen molar-refractivity contribution >= 4 is 5.91 Å². The molecule has 0 aromatic carbocycles. The number of rotatable bonds is 6. The van der Waals surface area contributed by atoms with Crippen molar-refractivity contribution in [1.29, 1.82) is 0 Å². The van der Waals surface area contributed by atoms with Crippen LogP contribution in [0.3, 0.4) is 0 Å². The molecule has 1 saturated heterocycles. The SMILES string of the molecule is CC(C(=O)NC1CC1)N1CCN(C(C)c2nc(-c3cccnc3)no2)CC1. The molecule has 2 fully saturated rings. The Bertz CT molecular complexity index is 768. The van der Waals surface area contributed by atoms with E-state index in [9.17, 15) is 4.79 Å². The van der Waals surface area contributed by atoms with Gasteiger partial charge in [-0.25, -0.2) is 0 Å². The lowest BCUT2D eigenvalue weighted by Gasteiger charge is -2.39.